The van der Waals surface area contributed by atoms with Crippen molar-refractivity contribution in [1.82, 2.24) is 4.98 Å². The summed E-state index contributed by atoms with van der Waals surface area (Å²) in [5.74, 6) is 1.40. The van der Waals surface area contributed by atoms with E-state index in [1.54, 1.807) is 6.07 Å². The van der Waals surface area contributed by atoms with Gasteiger partial charge in [0.25, 0.3) is 0 Å². The molecule has 2 rings (SSSR count). The summed E-state index contributed by atoms with van der Waals surface area (Å²) in [5, 5.41) is 2.78. The molecule has 1 amide bonds. The molecule has 0 fully saturated rings. The van der Waals surface area contributed by atoms with Crippen molar-refractivity contribution >= 4 is 11.7 Å². The molecular weight excluding hydrogens is 264 g/mol. The lowest BCUT2D eigenvalue weighted by molar-refractivity contribution is -0.116. The van der Waals surface area contributed by atoms with Crippen LogP contribution in [0.5, 0.6) is 5.75 Å². The highest BCUT2D eigenvalue weighted by molar-refractivity contribution is 5.89. The molecule has 110 valence electrons. The van der Waals surface area contributed by atoms with Crippen molar-refractivity contribution in [2.24, 2.45) is 0 Å². The lowest BCUT2D eigenvalue weighted by Crippen LogP contribution is -2.13. The summed E-state index contributed by atoms with van der Waals surface area (Å²) in [6, 6.07) is 13.4. The minimum atomic E-state index is -0.0408. The van der Waals surface area contributed by atoms with E-state index in [-0.39, 0.29) is 5.91 Å². The minimum absolute atomic E-state index is 0.0408. The summed E-state index contributed by atoms with van der Waals surface area (Å²) in [5.41, 5.74) is 2.05. The summed E-state index contributed by atoms with van der Waals surface area (Å²) < 4.78 is 5.61. The van der Waals surface area contributed by atoms with Crippen LogP contribution < -0.4 is 10.1 Å². The van der Waals surface area contributed by atoms with E-state index in [1.807, 2.05) is 50.2 Å². The van der Waals surface area contributed by atoms with Gasteiger partial charge in [0.15, 0.2) is 0 Å². The number of benzene rings is 1. The van der Waals surface area contributed by atoms with Crippen LogP contribution in [0.3, 0.4) is 0 Å². The van der Waals surface area contributed by atoms with Crippen LogP contribution >= 0.6 is 0 Å². The Labute approximate surface area is 125 Å². The molecule has 1 N–H and O–H groups in total. The van der Waals surface area contributed by atoms with E-state index in [9.17, 15) is 4.79 Å². The SMILES string of the molecule is Cc1cccc(OCCCC(=O)Nc2cccc(C)n2)c1. The normalized spacial score (nSPS) is 10.2. The monoisotopic (exact) mass is 284 g/mol. The van der Waals surface area contributed by atoms with Crippen molar-refractivity contribution in [3.05, 3.63) is 53.7 Å². The number of hydrogen-bond donors (Lipinski definition) is 1. The highest BCUT2D eigenvalue weighted by Crippen LogP contribution is 2.13. The second-order valence-electron chi connectivity index (χ2n) is 4.98. The molecule has 0 radical (unpaired) electrons. The standard InChI is InChI=1S/C17H20N2O2/c1-13-6-3-8-15(12-13)21-11-5-10-17(20)19-16-9-4-7-14(2)18-16/h3-4,6-9,12H,5,10-11H2,1-2H3,(H,18,19,20). The fourth-order valence-corrected chi connectivity index (χ4v) is 1.95. The summed E-state index contributed by atoms with van der Waals surface area (Å²) in [6.45, 7) is 4.44. The first kappa shape index (κ1) is 15.0. The maximum Gasteiger partial charge on any atom is 0.225 e. The summed E-state index contributed by atoms with van der Waals surface area (Å²) in [6.07, 6.45) is 1.09. The van der Waals surface area contributed by atoms with Crippen LogP contribution in [0, 0.1) is 13.8 Å². The predicted molar refractivity (Wildman–Crippen MR) is 83.5 cm³/mol. The number of anilines is 1. The van der Waals surface area contributed by atoms with Crippen molar-refractivity contribution in [2.45, 2.75) is 26.7 Å². The van der Waals surface area contributed by atoms with Crippen molar-refractivity contribution in [1.29, 1.82) is 0 Å². The van der Waals surface area contributed by atoms with Gasteiger partial charge in [0, 0.05) is 12.1 Å². The molecule has 0 saturated heterocycles. The van der Waals surface area contributed by atoms with Crippen LogP contribution in [0.15, 0.2) is 42.5 Å². The van der Waals surface area contributed by atoms with Crippen LogP contribution in [0.25, 0.3) is 0 Å². The molecule has 0 aliphatic heterocycles. The molecule has 1 aromatic carbocycles. The largest absolute Gasteiger partial charge is 0.494 e. The molecule has 1 aromatic heterocycles. The number of ether oxygens (including phenoxy) is 1. The lowest BCUT2D eigenvalue weighted by atomic mass is 10.2. The third-order valence-corrected chi connectivity index (χ3v) is 2.96. The molecule has 0 saturated carbocycles. The van der Waals surface area contributed by atoms with Gasteiger partial charge in [-0.3, -0.25) is 4.79 Å². The van der Waals surface area contributed by atoms with Crippen LogP contribution in [0.4, 0.5) is 5.82 Å². The number of nitrogens with one attached hydrogen (secondary N) is 1. The fourth-order valence-electron chi connectivity index (χ4n) is 1.95. The molecule has 0 aliphatic rings. The Kier molecular flexibility index (Phi) is 5.32. The number of hydrogen-bond acceptors (Lipinski definition) is 3. The Balaban J connectivity index is 1.70. The fraction of sp³-hybridized carbons (Fsp3) is 0.294. The van der Waals surface area contributed by atoms with Crippen molar-refractivity contribution < 1.29 is 9.53 Å². The van der Waals surface area contributed by atoms with Gasteiger partial charge in [0.1, 0.15) is 11.6 Å². The first-order valence-electron chi connectivity index (χ1n) is 7.06. The number of rotatable bonds is 6. The molecule has 4 nitrogen and oxygen atoms in total. The molecule has 0 unspecified atom stereocenters. The van der Waals surface area contributed by atoms with Crippen LogP contribution in [-0.4, -0.2) is 17.5 Å². The Hall–Kier alpha value is -2.36. The van der Waals surface area contributed by atoms with Crippen molar-refractivity contribution in [3.8, 4) is 5.75 Å². The van der Waals surface area contributed by atoms with Gasteiger partial charge in [0.05, 0.1) is 6.61 Å². The highest BCUT2D eigenvalue weighted by atomic mass is 16.5. The maximum absolute atomic E-state index is 11.8. The van der Waals surface area contributed by atoms with Crippen molar-refractivity contribution in [3.63, 3.8) is 0 Å². The number of pyridine rings is 1. The maximum atomic E-state index is 11.8. The molecule has 0 bridgehead atoms. The average molecular weight is 284 g/mol. The molecular formula is C17H20N2O2. The molecule has 2 aromatic rings. The molecule has 4 heteroatoms. The zero-order valence-electron chi connectivity index (χ0n) is 12.4. The van der Waals surface area contributed by atoms with Gasteiger partial charge in [-0.2, -0.15) is 0 Å². The van der Waals surface area contributed by atoms with E-state index in [0.29, 0.717) is 25.3 Å². The zero-order chi connectivity index (χ0) is 15.1. The quantitative estimate of drug-likeness (QED) is 0.826. The second-order valence-corrected chi connectivity index (χ2v) is 4.98. The number of aromatic nitrogens is 1. The van der Waals surface area contributed by atoms with Crippen molar-refractivity contribution in [2.75, 3.05) is 11.9 Å². The van der Waals surface area contributed by atoms with Crippen LogP contribution in [-0.2, 0) is 4.79 Å². The van der Waals surface area contributed by atoms with Gasteiger partial charge in [-0.1, -0.05) is 18.2 Å². The second kappa shape index (κ2) is 7.43. The van der Waals surface area contributed by atoms with Gasteiger partial charge < -0.3 is 10.1 Å². The third kappa shape index (κ3) is 5.26. The first-order valence-corrected chi connectivity index (χ1v) is 7.06. The van der Waals surface area contributed by atoms with E-state index in [2.05, 4.69) is 10.3 Å². The third-order valence-electron chi connectivity index (χ3n) is 2.96. The Morgan fingerprint density at radius 1 is 1.19 bits per heavy atom. The number of nitrogens with zero attached hydrogens (tertiary/aromatic N) is 1. The Morgan fingerprint density at radius 2 is 2.00 bits per heavy atom. The lowest BCUT2D eigenvalue weighted by Gasteiger charge is -2.07. The molecule has 21 heavy (non-hydrogen) atoms. The summed E-state index contributed by atoms with van der Waals surface area (Å²) in [4.78, 5) is 16.0. The van der Waals surface area contributed by atoms with E-state index >= 15 is 0 Å². The molecule has 0 atom stereocenters. The highest BCUT2D eigenvalue weighted by Gasteiger charge is 2.03. The summed E-state index contributed by atoms with van der Waals surface area (Å²) in [7, 11) is 0. The number of carbonyl (C=O) groups is 1. The van der Waals surface area contributed by atoms with E-state index < -0.39 is 0 Å². The number of amides is 1. The minimum Gasteiger partial charge on any atom is -0.494 e. The van der Waals surface area contributed by atoms with Crippen LogP contribution in [0.2, 0.25) is 0 Å². The van der Waals surface area contributed by atoms with Gasteiger partial charge >= 0.3 is 0 Å². The number of aryl methyl sites for hydroxylation is 2. The predicted octanol–water partition coefficient (Wildman–Crippen LogP) is 3.50. The van der Waals surface area contributed by atoms with Gasteiger partial charge in [-0.15, -0.1) is 0 Å². The zero-order valence-corrected chi connectivity index (χ0v) is 12.4. The number of carbonyl (C=O) groups excluding carboxylic acids is 1. The molecule has 0 aliphatic carbocycles. The first-order chi connectivity index (χ1) is 10.1. The Morgan fingerprint density at radius 3 is 2.76 bits per heavy atom. The average Bonchev–Trinajstić information content (AvgIpc) is 2.44. The molecule has 1 heterocycles. The smallest absolute Gasteiger partial charge is 0.225 e. The Bertz CT molecular complexity index is 611. The van der Waals surface area contributed by atoms with Crippen LogP contribution in [0.1, 0.15) is 24.1 Å². The van der Waals surface area contributed by atoms with Gasteiger partial charge in [0.2, 0.25) is 5.91 Å². The van der Waals surface area contributed by atoms with E-state index in [0.717, 1.165) is 17.0 Å². The van der Waals surface area contributed by atoms with E-state index in [4.69, 9.17) is 4.74 Å². The molecule has 0 spiro atoms. The van der Waals surface area contributed by atoms with E-state index in [1.165, 1.54) is 0 Å². The summed E-state index contributed by atoms with van der Waals surface area (Å²) >= 11 is 0. The van der Waals surface area contributed by atoms with Gasteiger partial charge in [-0.05, 0) is 50.1 Å². The van der Waals surface area contributed by atoms with Gasteiger partial charge in [-0.25, -0.2) is 4.98 Å². The topological polar surface area (TPSA) is 51.2 Å².